The summed E-state index contributed by atoms with van der Waals surface area (Å²) in [4.78, 5) is 25.2. The van der Waals surface area contributed by atoms with E-state index in [1.54, 1.807) is 6.20 Å². The Morgan fingerprint density at radius 2 is 2.14 bits per heavy atom. The highest BCUT2D eigenvalue weighted by Gasteiger charge is 2.33. The highest BCUT2D eigenvalue weighted by atomic mass is 16.6. The Balaban J connectivity index is 2.29. The first-order valence-corrected chi connectivity index (χ1v) is 6.96. The van der Waals surface area contributed by atoms with Crippen molar-refractivity contribution in [1.29, 1.82) is 0 Å². The number of carbonyl (C=O) groups is 2. The maximum absolute atomic E-state index is 11.9. The summed E-state index contributed by atoms with van der Waals surface area (Å²) in [6, 6.07) is 9.39. The van der Waals surface area contributed by atoms with Crippen molar-refractivity contribution in [1.82, 2.24) is 4.90 Å². The van der Waals surface area contributed by atoms with Crippen LogP contribution in [0.25, 0.3) is 0 Å². The minimum absolute atomic E-state index is 0.213. The third kappa shape index (κ3) is 3.42. The molecular formula is C16H19NO4. The fraction of sp³-hybridized carbons (Fsp3) is 0.375. The van der Waals surface area contributed by atoms with Gasteiger partial charge in [0.2, 0.25) is 0 Å². The fourth-order valence-corrected chi connectivity index (χ4v) is 2.29. The molecule has 1 aliphatic heterocycles. The highest BCUT2D eigenvalue weighted by Crippen LogP contribution is 2.29. The Morgan fingerprint density at radius 3 is 2.76 bits per heavy atom. The topological polar surface area (TPSA) is 55.8 Å². The SMILES string of the molecule is CCC/C(=C/N1C(=O)OC[C@H]1c1ccccc1)C(=O)OC. The van der Waals surface area contributed by atoms with E-state index in [4.69, 9.17) is 9.47 Å². The molecular weight excluding hydrogens is 270 g/mol. The van der Waals surface area contributed by atoms with Gasteiger partial charge in [0.1, 0.15) is 6.61 Å². The standard InChI is InChI=1S/C16H19NO4/c1-3-7-13(15(18)20-2)10-17-14(11-21-16(17)19)12-8-5-4-6-9-12/h4-6,8-10,14H,3,7,11H2,1-2H3/b13-10-/t14-/m0/s1. The molecule has 1 atom stereocenters. The summed E-state index contributed by atoms with van der Waals surface area (Å²) in [7, 11) is 1.34. The van der Waals surface area contributed by atoms with Crippen molar-refractivity contribution in [2.75, 3.05) is 13.7 Å². The van der Waals surface area contributed by atoms with Crippen molar-refractivity contribution < 1.29 is 19.1 Å². The van der Waals surface area contributed by atoms with Crippen LogP contribution >= 0.6 is 0 Å². The summed E-state index contributed by atoms with van der Waals surface area (Å²) >= 11 is 0. The van der Waals surface area contributed by atoms with Gasteiger partial charge in [0, 0.05) is 6.20 Å². The number of cyclic esters (lactones) is 1. The lowest BCUT2D eigenvalue weighted by Gasteiger charge is -2.19. The number of hydrogen-bond acceptors (Lipinski definition) is 4. The molecule has 0 unspecified atom stereocenters. The molecule has 0 aromatic heterocycles. The van der Waals surface area contributed by atoms with Gasteiger partial charge in [-0.05, 0) is 12.0 Å². The number of esters is 1. The van der Waals surface area contributed by atoms with Crippen molar-refractivity contribution >= 4 is 12.1 Å². The average Bonchev–Trinajstić information content (AvgIpc) is 2.88. The van der Waals surface area contributed by atoms with Gasteiger partial charge in [0.05, 0.1) is 18.7 Å². The largest absolute Gasteiger partial charge is 0.466 e. The van der Waals surface area contributed by atoms with Gasteiger partial charge in [-0.25, -0.2) is 9.59 Å². The third-order valence-electron chi connectivity index (χ3n) is 3.36. The second kappa shape index (κ2) is 6.92. The lowest BCUT2D eigenvalue weighted by molar-refractivity contribution is -0.136. The number of rotatable bonds is 5. The maximum Gasteiger partial charge on any atom is 0.414 e. The first-order valence-electron chi connectivity index (χ1n) is 6.96. The zero-order valence-electron chi connectivity index (χ0n) is 12.2. The molecule has 5 nitrogen and oxygen atoms in total. The number of ether oxygens (including phenoxy) is 2. The van der Waals surface area contributed by atoms with Crippen molar-refractivity contribution in [3.63, 3.8) is 0 Å². The molecule has 0 radical (unpaired) electrons. The molecule has 1 heterocycles. The van der Waals surface area contributed by atoms with Gasteiger partial charge in [0.25, 0.3) is 0 Å². The minimum Gasteiger partial charge on any atom is -0.466 e. The van der Waals surface area contributed by atoms with Crippen LogP contribution in [0.5, 0.6) is 0 Å². The Kier molecular flexibility index (Phi) is 4.98. The first kappa shape index (κ1) is 15.1. The van der Waals surface area contributed by atoms with E-state index in [1.165, 1.54) is 12.0 Å². The molecule has 1 saturated heterocycles. The van der Waals surface area contributed by atoms with E-state index in [2.05, 4.69) is 0 Å². The molecule has 21 heavy (non-hydrogen) atoms. The summed E-state index contributed by atoms with van der Waals surface area (Å²) in [5.74, 6) is -0.414. The van der Waals surface area contributed by atoms with Gasteiger partial charge < -0.3 is 9.47 Å². The summed E-state index contributed by atoms with van der Waals surface area (Å²) in [5.41, 5.74) is 1.44. The Labute approximate surface area is 124 Å². The molecule has 2 rings (SSSR count). The summed E-state index contributed by atoms with van der Waals surface area (Å²) in [6.07, 6.45) is 2.46. The summed E-state index contributed by atoms with van der Waals surface area (Å²) in [5, 5.41) is 0. The monoisotopic (exact) mass is 289 g/mol. The molecule has 0 N–H and O–H groups in total. The summed E-state index contributed by atoms with van der Waals surface area (Å²) < 4.78 is 9.88. The van der Waals surface area contributed by atoms with Crippen molar-refractivity contribution in [3.8, 4) is 0 Å². The number of benzene rings is 1. The predicted octanol–water partition coefficient (Wildman–Crippen LogP) is 3.04. The average molecular weight is 289 g/mol. The van der Waals surface area contributed by atoms with Crippen LogP contribution in [-0.4, -0.2) is 30.7 Å². The number of carbonyl (C=O) groups excluding carboxylic acids is 2. The van der Waals surface area contributed by atoms with E-state index in [9.17, 15) is 9.59 Å². The van der Waals surface area contributed by atoms with Gasteiger partial charge in [-0.2, -0.15) is 0 Å². The van der Waals surface area contributed by atoms with Crippen molar-refractivity contribution in [2.24, 2.45) is 0 Å². The number of amides is 1. The normalized spacial score (nSPS) is 18.6. The van der Waals surface area contributed by atoms with Crippen LogP contribution in [-0.2, 0) is 14.3 Å². The van der Waals surface area contributed by atoms with Crippen LogP contribution in [0.1, 0.15) is 31.4 Å². The van der Waals surface area contributed by atoms with Crippen LogP contribution in [0.15, 0.2) is 42.1 Å². The molecule has 1 aromatic carbocycles. The van der Waals surface area contributed by atoms with Crippen LogP contribution < -0.4 is 0 Å². The van der Waals surface area contributed by atoms with E-state index in [-0.39, 0.29) is 12.6 Å². The van der Waals surface area contributed by atoms with Crippen LogP contribution in [0.3, 0.4) is 0 Å². The molecule has 0 aliphatic carbocycles. The van der Waals surface area contributed by atoms with Crippen molar-refractivity contribution in [2.45, 2.75) is 25.8 Å². The van der Waals surface area contributed by atoms with E-state index in [0.717, 1.165) is 12.0 Å². The van der Waals surface area contributed by atoms with Crippen LogP contribution in [0, 0.1) is 0 Å². The number of methoxy groups -OCH3 is 1. The molecule has 112 valence electrons. The predicted molar refractivity (Wildman–Crippen MR) is 77.4 cm³/mol. The van der Waals surface area contributed by atoms with Gasteiger partial charge >= 0.3 is 12.1 Å². The zero-order valence-corrected chi connectivity index (χ0v) is 12.2. The number of hydrogen-bond donors (Lipinski definition) is 0. The third-order valence-corrected chi connectivity index (χ3v) is 3.36. The van der Waals surface area contributed by atoms with Crippen molar-refractivity contribution in [3.05, 3.63) is 47.7 Å². The minimum atomic E-state index is -0.443. The quantitative estimate of drug-likeness (QED) is 0.617. The lowest BCUT2D eigenvalue weighted by Crippen LogP contribution is -2.23. The summed E-state index contributed by atoms with van der Waals surface area (Å²) in [6.45, 7) is 2.24. The van der Waals surface area contributed by atoms with Gasteiger partial charge in [-0.3, -0.25) is 4.90 Å². The maximum atomic E-state index is 11.9. The molecule has 1 amide bonds. The Bertz CT molecular complexity index is 538. The highest BCUT2D eigenvalue weighted by molar-refractivity contribution is 5.89. The Hall–Kier alpha value is -2.30. The molecule has 0 bridgehead atoms. The molecule has 5 heteroatoms. The molecule has 0 spiro atoms. The zero-order chi connectivity index (χ0) is 15.2. The van der Waals surface area contributed by atoms with E-state index in [1.807, 2.05) is 37.3 Å². The van der Waals surface area contributed by atoms with Crippen LogP contribution in [0.4, 0.5) is 4.79 Å². The molecule has 1 aromatic rings. The Morgan fingerprint density at radius 1 is 1.43 bits per heavy atom. The van der Waals surface area contributed by atoms with E-state index in [0.29, 0.717) is 12.0 Å². The molecule has 1 aliphatic rings. The molecule has 0 saturated carbocycles. The second-order valence-corrected chi connectivity index (χ2v) is 4.81. The first-order chi connectivity index (χ1) is 10.2. The smallest absolute Gasteiger partial charge is 0.414 e. The lowest BCUT2D eigenvalue weighted by atomic mass is 10.1. The van der Waals surface area contributed by atoms with Gasteiger partial charge in [0.15, 0.2) is 0 Å². The fourth-order valence-electron chi connectivity index (χ4n) is 2.29. The molecule has 1 fully saturated rings. The number of nitrogens with zero attached hydrogens (tertiary/aromatic N) is 1. The van der Waals surface area contributed by atoms with Crippen LogP contribution in [0.2, 0.25) is 0 Å². The van der Waals surface area contributed by atoms with Gasteiger partial charge in [-0.15, -0.1) is 0 Å². The van der Waals surface area contributed by atoms with E-state index >= 15 is 0 Å². The second-order valence-electron chi connectivity index (χ2n) is 4.81. The van der Waals surface area contributed by atoms with Gasteiger partial charge in [-0.1, -0.05) is 43.7 Å². The van der Waals surface area contributed by atoms with E-state index < -0.39 is 12.1 Å².